The zero-order chi connectivity index (χ0) is 17.6. The topological polar surface area (TPSA) is 78.5 Å². The molecule has 1 aliphatic heterocycles. The lowest BCUT2D eigenvalue weighted by Gasteiger charge is -2.38. The van der Waals surface area contributed by atoms with Gasteiger partial charge < -0.3 is 10.6 Å². The highest BCUT2D eigenvalue weighted by Gasteiger charge is 2.56. The average molecular weight is 339 g/mol. The molecule has 6 nitrogen and oxygen atoms in total. The van der Waals surface area contributed by atoms with Crippen LogP contribution in [0.15, 0.2) is 36.4 Å². The van der Waals surface area contributed by atoms with Crippen molar-refractivity contribution in [3.8, 4) is 0 Å². The Morgan fingerprint density at radius 2 is 1.76 bits per heavy atom. The molecule has 2 bridgehead atoms. The molecule has 1 aromatic carbocycles. The van der Waals surface area contributed by atoms with Crippen LogP contribution < -0.4 is 10.6 Å². The van der Waals surface area contributed by atoms with Crippen molar-refractivity contribution in [1.29, 1.82) is 0 Å². The van der Waals surface area contributed by atoms with E-state index in [1.165, 1.54) is 4.90 Å². The lowest BCUT2D eigenvalue weighted by Crippen LogP contribution is -2.43. The lowest BCUT2D eigenvalue weighted by molar-refractivity contribution is -0.140. The van der Waals surface area contributed by atoms with Gasteiger partial charge in [0.2, 0.25) is 11.8 Å². The zero-order valence-electron chi connectivity index (χ0n) is 14.1. The van der Waals surface area contributed by atoms with Crippen molar-refractivity contribution < 1.29 is 14.4 Å². The Hall–Kier alpha value is -2.63. The van der Waals surface area contributed by atoms with Crippen LogP contribution in [-0.2, 0) is 9.59 Å². The number of carbonyl (C=O) groups excluding carboxylic acids is 3. The highest BCUT2D eigenvalue weighted by atomic mass is 16.2. The Morgan fingerprint density at radius 3 is 2.32 bits per heavy atom. The molecule has 2 fully saturated rings. The van der Waals surface area contributed by atoms with Crippen LogP contribution in [0.3, 0.4) is 0 Å². The largest absolute Gasteiger partial charge is 0.320 e. The maximum absolute atomic E-state index is 12.7. The van der Waals surface area contributed by atoms with Crippen LogP contribution in [0.5, 0.6) is 0 Å². The minimum Gasteiger partial charge on any atom is -0.320 e. The number of nitrogens with zero attached hydrogens (tertiary/aromatic N) is 1. The third kappa shape index (κ3) is 2.71. The van der Waals surface area contributed by atoms with Crippen LogP contribution in [-0.4, -0.2) is 29.4 Å². The summed E-state index contributed by atoms with van der Waals surface area (Å²) in [7, 11) is 0. The number of amides is 4. The van der Waals surface area contributed by atoms with Crippen molar-refractivity contribution in [1.82, 2.24) is 10.2 Å². The van der Waals surface area contributed by atoms with Crippen molar-refractivity contribution in [2.45, 2.75) is 19.8 Å². The van der Waals surface area contributed by atoms with Gasteiger partial charge in [-0.25, -0.2) is 4.79 Å². The highest BCUT2D eigenvalue weighted by molar-refractivity contribution is 6.06. The second-order valence-corrected chi connectivity index (χ2v) is 7.10. The van der Waals surface area contributed by atoms with Gasteiger partial charge in [0.05, 0.1) is 11.8 Å². The molecule has 4 amide bonds. The predicted molar refractivity (Wildman–Crippen MR) is 92.4 cm³/mol. The molecule has 0 aromatic heterocycles. The first-order chi connectivity index (χ1) is 12.0. The second kappa shape index (κ2) is 6.02. The molecule has 0 unspecified atom stereocenters. The molecule has 0 radical (unpaired) electrons. The van der Waals surface area contributed by atoms with E-state index in [4.69, 9.17) is 0 Å². The Balaban J connectivity index is 1.39. The molecule has 0 spiro atoms. The summed E-state index contributed by atoms with van der Waals surface area (Å²) in [6.45, 7) is 1.86. The minimum atomic E-state index is -0.429. The number of rotatable bonds is 3. The van der Waals surface area contributed by atoms with Crippen LogP contribution >= 0.6 is 0 Å². The SMILES string of the molecule is Cc1cccc(NC(=O)NCN2C(=O)[C@@H]3[C@@H](C2=O)[C@H]2C=C[C@H]3CC2)c1. The van der Waals surface area contributed by atoms with Crippen molar-refractivity contribution in [3.63, 3.8) is 0 Å². The number of fused-ring (bicyclic) bond motifs is 1. The van der Waals surface area contributed by atoms with E-state index >= 15 is 0 Å². The van der Waals surface area contributed by atoms with Gasteiger partial charge in [0.15, 0.2) is 0 Å². The van der Waals surface area contributed by atoms with E-state index in [0.29, 0.717) is 5.69 Å². The molecule has 130 valence electrons. The van der Waals surface area contributed by atoms with E-state index in [9.17, 15) is 14.4 Å². The fraction of sp³-hybridized carbons (Fsp3) is 0.421. The van der Waals surface area contributed by atoms with Crippen molar-refractivity contribution in [3.05, 3.63) is 42.0 Å². The van der Waals surface area contributed by atoms with Gasteiger partial charge >= 0.3 is 6.03 Å². The molecule has 5 rings (SSSR count). The number of allylic oxidation sites excluding steroid dienone is 2. The molecule has 2 N–H and O–H groups in total. The van der Waals surface area contributed by atoms with E-state index in [1.807, 2.05) is 25.1 Å². The van der Waals surface area contributed by atoms with Crippen molar-refractivity contribution in [2.75, 3.05) is 12.0 Å². The normalized spacial score (nSPS) is 29.7. The molecular formula is C19H21N3O3. The van der Waals surface area contributed by atoms with E-state index < -0.39 is 6.03 Å². The van der Waals surface area contributed by atoms with Gasteiger partial charge in [0.25, 0.3) is 0 Å². The number of imide groups is 1. The number of nitrogens with one attached hydrogen (secondary N) is 2. The van der Waals surface area contributed by atoms with Crippen LogP contribution in [0.25, 0.3) is 0 Å². The van der Waals surface area contributed by atoms with Crippen LogP contribution in [0.2, 0.25) is 0 Å². The minimum absolute atomic E-state index is 0.0816. The van der Waals surface area contributed by atoms with E-state index in [0.717, 1.165) is 18.4 Å². The molecule has 3 aliphatic carbocycles. The molecule has 25 heavy (non-hydrogen) atoms. The van der Waals surface area contributed by atoms with Gasteiger partial charge in [0, 0.05) is 5.69 Å². The van der Waals surface area contributed by atoms with Crippen molar-refractivity contribution >= 4 is 23.5 Å². The van der Waals surface area contributed by atoms with Crippen molar-refractivity contribution in [2.24, 2.45) is 23.7 Å². The maximum Gasteiger partial charge on any atom is 0.320 e. The summed E-state index contributed by atoms with van der Waals surface area (Å²) in [5, 5.41) is 5.34. The second-order valence-electron chi connectivity index (χ2n) is 7.10. The third-order valence-electron chi connectivity index (χ3n) is 5.52. The molecule has 1 heterocycles. The number of carbonyl (C=O) groups is 3. The number of anilines is 1. The molecular weight excluding hydrogens is 318 g/mol. The summed E-state index contributed by atoms with van der Waals surface area (Å²) >= 11 is 0. The number of hydrogen-bond acceptors (Lipinski definition) is 3. The summed E-state index contributed by atoms with van der Waals surface area (Å²) in [5.41, 5.74) is 1.71. The third-order valence-corrected chi connectivity index (χ3v) is 5.52. The Bertz CT molecular complexity index is 741. The van der Waals surface area contributed by atoms with Gasteiger partial charge in [-0.2, -0.15) is 0 Å². The summed E-state index contributed by atoms with van der Waals surface area (Å²) in [4.78, 5) is 38.6. The zero-order valence-corrected chi connectivity index (χ0v) is 14.1. The molecule has 4 aliphatic rings. The van der Waals surface area contributed by atoms with Gasteiger partial charge in [-0.15, -0.1) is 0 Å². The number of aryl methyl sites for hydroxylation is 1. The first-order valence-electron chi connectivity index (χ1n) is 8.69. The van der Waals surface area contributed by atoms with Crippen LogP contribution in [0.4, 0.5) is 10.5 Å². The molecule has 1 saturated carbocycles. The number of likely N-dealkylation sites (tertiary alicyclic amines) is 1. The summed E-state index contributed by atoms with van der Waals surface area (Å²) in [5.74, 6) is -0.444. The fourth-order valence-corrected chi connectivity index (χ4v) is 4.34. The first kappa shape index (κ1) is 15.9. The molecule has 1 saturated heterocycles. The Morgan fingerprint density at radius 1 is 1.12 bits per heavy atom. The summed E-state index contributed by atoms with van der Waals surface area (Å²) < 4.78 is 0. The fourth-order valence-electron chi connectivity index (χ4n) is 4.34. The number of hydrogen-bond donors (Lipinski definition) is 2. The van der Waals surface area contributed by atoms with Crippen LogP contribution in [0, 0.1) is 30.6 Å². The lowest BCUT2D eigenvalue weighted by atomic mass is 9.63. The Labute approximate surface area is 146 Å². The van der Waals surface area contributed by atoms with Gasteiger partial charge in [-0.05, 0) is 49.3 Å². The summed E-state index contributed by atoms with van der Waals surface area (Å²) in [6, 6.07) is 7.00. The number of urea groups is 1. The standard InChI is InChI=1S/C19H21N3O3/c1-11-3-2-4-14(9-11)21-19(25)20-10-22-17(23)15-12-5-6-13(8-7-12)16(15)18(22)24/h2-6,9,12-13,15-16H,7-8,10H2,1H3,(H2,20,21,25)/t12-,13-,15-,16-/m0/s1. The Kier molecular flexibility index (Phi) is 3.82. The van der Waals surface area contributed by atoms with E-state index in [-0.39, 0.29) is 42.2 Å². The number of benzene rings is 1. The van der Waals surface area contributed by atoms with Gasteiger partial charge in [0.1, 0.15) is 6.67 Å². The van der Waals surface area contributed by atoms with E-state index in [1.54, 1.807) is 6.07 Å². The average Bonchev–Trinajstić information content (AvgIpc) is 2.87. The van der Waals surface area contributed by atoms with Gasteiger partial charge in [-0.1, -0.05) is 24.3 Å². The van der Waals surface area contributed by atoms with Gasteiger partial charge in [-0.3, -0.25) is 14.5 Å². The summed E-state index contributed by atoms with van der Waals surface area (Å²) in [6.07, 6.45) is 6.11. The smallest absolute Gasteiger partial charge is 0.320 e. The maximum atomic E-state index is 12.7. The molecule has 1 aromatic rings. The van der Waals surface area contributed by atoms with E-state index in [2.05, 4.69) is 22.8 Å². The molecule has 4 atom stereocenters. The monoisotopic (exact) mass is 339 g/mol. The first-order valence-corrected chi connectivity index (χ1v) is 8.69. The highest BCUT2D eigenvalue weighted by Crippen LogP contribution is 2.49. The predicted octanol–water partition coefficient (Wildman–Crippen LogP) is 2.27. The molecule has 6 heteroatoms. The van der Waals surface area contributed by atoms with Crippen LogP contribution in [0.1, 0.15) is 18.4 Å². The quantitative estimate of drug-likeness (QED) is 0.655.